The highest BCUT2D eigenvalue weighted by Gasteiger charge is 2.20. The predicted octanol–water partition coefficient (Wildman–Crippen LogP) is -0.197. The Morgan fingerprint density at radius 3 is 2.77 bits per heavy atom. The Bertz CT molecular complexity index is 182. The van der Waals surface area contributed by atoms with Crippen molar-refractivity contribution in [2.45, 2.75) is 18.9 Å². The largest absolute Gasteiger partial charge is 0.313 e. The molecule has 2 saturated heterocycles. The van der Waals surface area contributed by atoms with Crippen LogP contribution in [0.3, 0.4) is 0 Å². The molecule has 2 heterocycles. The Labute approximate surface area is 82.3 Å². The van der Waals surface area contributed by atoms with Gasteiger partial charge < -0.3 is 5.32 Å². The van der Waals surface area contributed by atoms with E-state index in [0.717, 1.165) is 31.1 Å². The van der Waals surface area contributed by atoms with Crippen LogP contribution in [0.4, 0.5) is 0 Å². The third kappa shape index (κ3) is 2.76. The lowest BCUT2D eigenvalue weighted by atomic mass is 10.2. The Morgan fingerprint density at radius 2 is 2.15 bits per heavy atom. The van der Waals surface area contributed by atoms with Crippen molar-refractivity contribution in [2.24, 2.45) is 0 Å². The van der Waals surface area contributed by atoms with Gasteiger partial charge in [-0.15, -0.1) is 0 Å². The molecule has 4 heteroatoms. The zero-order valence-corrected chi connectivity index (χ0v) is 8.81. The maximum absolute atomic E-state index is 11.1. The predicted molar refractivity (Wildman–Crippen MR) is 55.3 cm³/mol. The summed E-state index contributed by atoms with van der Waals surface area (Å²) >= 11 is 0. The lowest BCUT2D eigenvalue weighted by Gasteiger charge is -2.28. The van der Waals surface area contributed by atoms with E-state index in [9.17, 15) is 4.21 Å². The first-order chi connectivity index (χ1) is 6.34. The van der Waals surface area contributed by atoms with Crippen LogP contribution in [-0.4, -0.2) is 52.8 Å². The fourth-order valence-electron chi connectivity index (χ4n) is 2.08. The molecule has 2 aliphatic rings. The molecular formula is C9H18N2OS. The number of nitrogens with one attached hydrogen (secondary N) is 1. The van der Waals surface area contributed by atoms with Crippen LogP contribution in [0.2, 0.25) is 0 Å². The molecule has 2 fully saturated rings. The van der Waals surface area contributed by atoms with Crippen LogP contribution in [-0.2, 0) is 10.8 Å². The molecule has 0 bridgehead atoms. The lowest BCUT2D eigenvalue weighted by Crippen LogP contribution is -2.44. The van der Waals surface area contributed by atoms with E-state index in [1.165, 1.54) is 19.4 Å². The monoisotopic (exact) mass is 202 g/mol. The van der Waals surface area contributed by atoms with Gasteiger partial charge >= 0.3 is 0 Å². The fourth-order valence-corrected chi connectivity index (χ4v) is 3.21. The third-order valence-electron chi connectivity index (χ3n) is 2.91. The minimum atomic E-state index is -0.526. The third-order valence-corrected chi connectivity index (χ3v) is 4.19. The molecule has 13 heavy (non-hydrogen) atoms. The smallest absolute Gasteiger partial charge is 0.0363 e. The van der Waals surface area contributed by atoms with Gasteiger partial charge in [-0.05, 0) is 19.4 Å². The summed E-state index contributed by atoms with van der Waals surface area (Å²) in [4.78, 5) is 2.45. The number of hydrogen-bond acceptors (Lipinski definition) is 3. The molecule has 2 rings (SSSR count). The summed E-state index contributed by atoms with van der Waals surface area (Å²) in [6.07, 6.45) is 2.64. The minimum Gasteiger partial charge on any atom is -0.313 e. The van der Waals surface area contributed by atoms with Crippen LogP contribution >= 0.6 is 0 Å². The molecule has 0 aromatic heterocycles. The second-order valence-corrected chi connectivity index (χ2v) is 5.64. The number of nitrogens with zero attached hydrogens (tertiary/aromatic N) is 1. The minimum absolute atomic E-state index is 0.526. The van der Waals surface area contributed by atoms with Crippen molar-refractivity contribution in [1.82, 2.24) is 10.2 Å². The second-order valence-electron chi connectivity index (χ2n) is 3.94. The average Bonchev–Trinajstić information content (AvgIpc) is 2.62. The zero-order valence-electron chi connectivity index (χ0n) is 8.00. The maximum Gasteiger partial charge on any atom is 0.0363 e. The van der Waals surface area contributed by atoms with Gasteiger partial charge in [-0.3, -0.25) is 9.11 Å². The van der Waals surface area contributed by atoms with Gasteiger partial charge in [0.05, 0.1) is 0 Å². The first kappa shape index (κ1) is 9.62. The summed E-state index contributed by atoms with van der Waals surface area (Å²) in [5.74, 6) is 1.76. The molecule has 2 aliphatic heterocycles. The van der Waals surface area contributed by atoms with Gasteiger partial charge in [0.2, 0.25) is 0 Å². The highest BCUT2D eigenvalue weighted by atomic mass is 32.2. The second kappa shape index (κ2) is 4.53. The van der Waals surface area contributed by atoms with Crippen molar-refractivity contribution in [3.05, 3.63) is 0 Å². The molecule has 0 radical (unpaired) electrons. The molecule has 1 atom stereocenters. The molecule has 0 aromatic rings. The van der Waals surface area contributed by atoms with Gasteiger partial charge in [0.1, 0.15) is 0 Å². The summed E-state index contributed by atoms with van der Waals surface area (Å²) in [6, 6.07) is 0.700. The molecule has 76 valence electrons. The van der Waals surface area contributed by atoms with E-state index in [1.807, 2.05) is 0 Å². The van der Waals surface area contributed by atoms with Crippen molar-refractivity contribution in [3.8, 4) is 0 Å². The zero-order chi connectivity index (χ0) is 9.10. The molecular weight excluding hydrogens is 184 g/mol. The molecule has 1 N–H and O–H groups in total. The van der Waals surface area contributed by atoms with Crippen molar-refractivity contribution in [1.29, 1.82) is 0 Å². The molecule has 0 saturated carbocycles. The normalized spacial score (nSPS) is 32.5. The molecule has 0 spiro atoms. The van der Waals surface area contributed by atoms with E-state index in [2.05, 4.69) is 10.2 Å². The number of rotatable bonds is 2. The highest BCUT2D eigenvalue weighted by Crippen LogP contribution is 2.08. The van der Waals surface area contributed by atoms with E-state index >= 15 is 0 Å². The number of hydrogen-bond donors (Lipinski definition) is 1. The summed E-state index contributed by atoms with van der Waals surface area (Å²) in [7, 11) is -0.526. The highest BCUT2D eigenvalue weighted by molar-refractivity contribution is 7.85. The van der Waals surface area contributed by atoms with Gasteiger partial charge in [0.25, 0.3) is 0 Å². The van der Waals surface area contributed by atoms with Crippen LogP contribution in [0, 0.1) is 0 Å². The van der Waals surface area contributed by atoms with Crippen LogP contribution in [0.25, 0.3) is 0 Å². The van der Waals surface area contributed by atoms with E-state index < -0.39 is 10.8 Å². The van der Waals surface area contributed by atoms with Crippen LogP contribution in [0.1, 0.15) is 12.8 Å². The standard InChI is InChI=1S/C9H18N2OS/c12-13-6-4-11(5-7-13)8-9-2-1-3-10-9/h9-10H,1-8H2. The van der Waals surface area contributed by atoms with Gasteiger partial charge in [0.15, 0.2) is 0 Å². The van der Waals surface area contributed by atoms with Crippen molar-refractivity contribution in [3.63, 3.8) is 0 Å². The SMILES string of the molecule is O=S1CCN(CC2CCCN2)CC1. The molecule has 0 aromatic carbocycles. The topological polar surface area (TPSA) is 32.3 Å². The Kier molecular flexibility index (Phi) is 3.35. The van der Waals surface area contributed by atoms with Crippen LogP contribution in [0.5, 0.6) is 0 Å². The van der Waals surface area contributed by atoms with Gasteiger partial charge in [-0.25, -0.2) is 0 Å². The van der Waals surface area contributed by atoms with Crippen molar-refractivity contribution >= 4 is 10.8 Å². The Balaban J connectivity index is 1.72. The van der Waals surface area contributed by atoms with Crippen LogP contribution < -0.4 is 5.32 Å². The Morgan fingerprint density at radius 1 is 1.38 bits per heavy atom. The fraction of sp³-hybridized carbons (Fsp3) is 1.00. The summed E-state index contributed by atoms with van der Waals surface area (Å²) in [5.41, 5.74) is 0. The first-order valence-electron chi connectivity index (χ1n) is 5.15. The van der Waals surface area contributed by atoms with Gasteiger partial charge in [0, 0.05) is 48.0 Å². The maximum atomic E-state index is 11.1. The molecule has 0 aliphatic carbocycles. The molecule has 0 amide bonds. The average molecular weight is 202 g/mol. The van der Waals surface area contributed by atoms with Crippen molar-refractivity contribution < 1.29 is 4.21 Å². The van der Waals surface area contributed by atoms with Gasteiger partial charge in [-0.1, -0.05) is 0 Å². The van der Waals surface area contributed by atoms with E-state index in [4.69, 9.17) is 0 Å². The summed E-state index contributed by atoms with van der Waals surface area (Å²) in [6.45, 7) is 4.41. The van der Waals surface area contributed by atoms with Crippen LogP contribution in [0.15, 0.2) is 0 Å². The first-order valence-corrected chi connectivity index (χ1v) is 6.64. The Hall–Kier alpha value is 0.0700. The summed E-state index contributed by atoms with van der Waals surface area (Å²) in [5, 5.41) is 3.50. The molecule has 1 unspecified atom stereocenters. The summed E-state index contributed by atoms with van der Waals surface area (Å²) < 4.78 is 11.1. The van der Waals surface area contributed by atoms with Crippen molar-refractivity contribution in [2.75, 3.05) is 37.7 Å². The van der Waals surface area contributed by atoms with E-state index in [-0.39, 0.29) is 0 Å². The molecule has 3 nitrogen and oxygen atoms in total. The van der Waals surface area contributed by atoms with E-state index in [1.54, 1.807) is 0 Å². The lowest BCUT2D eigenvalue weighted by molar-refractivity contribution is 0.271. The van der Waals surface area contributed by atoms with Gasteiger partial charge in [-0.2, -0.15) is 0 Å². The quantitative estimate of drug-likeness (QED) is 0.673. The van der Waals surface area contributed by atoms with E-state index in [0.29, 0.717) is 6.04 Å².